The van der Waals surface area contributed by atoms with E-state index in [0.29, 0.717) is 0 Å². The molecular weight excluding hydrogens is 597 g/mol. The van der Waals surface area contributed by atoms with Crippen molar-refractivity contribution >= 4 is 38.7 Å². The molecule has 1 unspecified atom stereocenters. The van der Waals surface area contributed by atoms with Crippen molar-refractivity contribution in [1.29, 1.82) is 0 Å². The molecule has 0 bridgehead atoms. The number of aromatic nitrogens is 2. The van der Waals surface area contributed by atoms with Crippen LogP contribution in [-0.4, -0.2) is 9.97 Å². The van der Waals surface area contributed by atoms with E-state index in [1.165, 1.54) is 44.3 Å². The Morgan fingerprint density at radius 1 is 0.653 bits per heavy atom. The van der Waals surface area contributed by atoms with Gasteiger partial charge in [0, 0.05) is 21.8 Å². The van der Waals surface area contributed by atoms with Crippen molar-refractivity contribution in [3.05, 3.63) is 174 Å². The van der Waals surface area contributed by atoms with E-state index >= 15 is 0 Å². The fourth-order valence-corrected chi connectivity index (χ4v) is 7.69. The van der Waals surface area contributed by atoms with Gasteiger partial charge in [0.1, 0.15) is 11.2 Å². The van der Waals surface area contributed by atoms with Gasteiger partial charge in [-0.2, -0.15) is 0 Å². The summed E-state index contributed by atoms with van der Waals surface area (Å²) in [7, 11) is 0. The minimum absolute atomic E-state index is 0.0159. The summed E-state index contributed by atoms with van der Waals surface area (Å²) in [5.74, 6) is 0.746. The van der Waals surface area contributed by atoms with Crippen molar-refractivity contribution in [3.8, 4) is 22.5 Å². The molecule has 2 heterocycles. The molecule has 0 aliphatic heterocycles. The van der Waals surface area contributed by atoms with Crippen LogP contribution >= 0.6 is 0 Å². The number of furan rings is 1. The SMILES string of the molecule is CCC1(C)c2ccccc2-c2cc3c(cc21)oc1ccc(C2=CCC(c4cc(C5=CC=CC=CC5)nc(-c5ccccc5)n4)=CC=C2)cc13. The first-order valence-electron chi connectivity index (χ1n) is 17.2. The third-order valence-electron chi connectivity index (χ3n) is 10.6. The average molecular weight is 633 g/mol. The lowest BCUT2D eigenvalue weighted by Crippen LogP contribution is -2.18. The molecule has 0 saturated heterocycles. The molecule has 9 rings (SSSR count). The lowest BCUT2D eigenvalue weighted by atomic mass is 9.78. The Balaban J connectivity index is 1.08. The quantitative estimate of drug-likeness (QED) is 0.190. The van der Waals surface area contributed by atoms with Crippen molar-refractivity contribution < 1.29 is 4.42 Å². The topological polar surface area (TPSA) is 38.9 Å². The zero-order valence-corrected chi connectivity index (χ0v) is 27.8. The van der Waals surface area contributed by atoms with Gasteiger partial charge < -0.3 is 4.42 Å². The molecule has 49 heavy (non-hydrogen) atoms. The summed E-state index contributed by atoms with van der Waals surface area (Å²) < 4.78 is 6.50. The van der Waals surface area contributed by atoms with Crippen LogP contribution in [0.1, 0.15) is 61.2 Å². The van der Waals surface area contributed by atoms with E-state index in [2.05, 4.69) is 141 Å². The summed E-state index contributed by atoms with van der Waals surface area (Å²) in [4.78, 5) is 10.1. The van der Waals surface area contributed by atoms with Crippen molar-refractivity contribution in [2.24, 2.45) is 0 Å². The summed E-state index contributed by atoms with van der Waals surface area (Å²) in [5, 5.41) is 2.32. The molecule has 0 fully saturated rings. The Kier molecular flexibility index (Phi) is 7.02. The maximum atomic E-state index is 6.50. The molecule has 0 N–H and O–H groups in total. The standard InChI is InChI=1S/C46H36N2O/c1-3-46(2)39-21-12-11-20-35(39)36-27-38-37-26-34(24-25-43(37)49-44(38)28-40(36)46)30-18-13-19-32(23-22-30)42-29-41(31-14-7-4-5-8-15-31)47-45(48-42)33-16-9-6-10-17-33/h4-14,16-22,24-29H,3,15,23H2,1-2H3. The van der Waals surface area contributed by atoms with E-state index in [-0.39, 0.29) is 5.41 Å². The molecule has 4 aromatic carbocycles. The third kappa shape index (κ3) is 4.96. The highest BCUT2D eigenvalue weighted by Crippen LogP contribution is 2.52. The highest BCUT2D eigenvalue weighted by molar-refractivity contribution is 6.08. The van der Waals surface area contributed by atoms with Gasteiger partial charge in [-0.3, -0.25) is 0 Å². The first-order valence-corrected chi connectivity index (χ1v) is 17.2. The van der Waals surface area contributed by atoms with Gasteiger partial charge in [-0.05, 0) is 94.1 Å². The summed E-state index contributed by atoms with van der Waals surface area (Å²) in [6, 6.07) is 32.6. The molecule has 0 spiro atoms. The fraction of sp³-hybridized carbons (Fsp3) is 0.130. The lowest BCUT2D eigenvalue weighted by Gasteiger charge is -2.25. The van der Waals surface area contributed by atoms with Gasteiger partial charge >= 0.3 is 0 Å². The van der Waals surface area contributed by atoms with Gasteiger partial charge in [0.2, 0.25) is 0 Å². The van der Waals surface area contributed by atoms with E-state index in [1.54, 1.807) is 0 Å². The minimum Gasteiger partial charge on any atom is -0.456 e. The van der Waals surface area contributed by atoms with Crippen molar-refractivity contribution in [1.82, 2.24) is 9.97 Å². The summed E-state index contributed by atoms with van der Waals surface area (Å²) in [5.41, 5.74) is 14.9. The number of nitrogens with zero attached hydrogens (tertiary/aromatic N) is 2. The Labute approximate surface area is 287 Å². The van der Waals surface area contributed by atoms with Crippen molar-refractivity contribution in [2.75, 3.05) is 0 Å². The molecular formula is C46H36N2O. The van der Waals surface area contributed by atoms with E-state index in [4.69, 9.17) is 14.4 Å². The summed E-state index contributed by atoms with van der Waals surface area (Å²) in [6.07, 6.45) is 22.1. The van der Waals surface area contributed by atoms with Crippen molar-refractivity contribution in [2.45, 2.75) is 38.5 Å². The minimum atomic E-state index is -0.0159. The number of fused-ring (bicyclic) bond motifs is 6. The second-order valence-corrected chi connectivity index (χ2v) is 13.4. The Hall–Kier alpha value is -5.80. The highest BCUT2D eigenvalue weighted by atomic mass is 16.3. The zero-order chi connectivity index (χ0) is 33.0. The Morgan fingerprint density at radius 2 is 1.43 bits per heavy atom. The van der Waals surface area contributed by atoms with Crippen molar-refractivity contribution in [3.63, 3.8) is 0 Å². The molecule has 3 aliphatic carbocycles. The average Bonchev–Trinajstić information content (AvgIpc) is 3.35. The van der Waals surface area contributed by atoms with Gasteiger partial charge in [0.05, 0.1) is 11.4 Å². The molecule has 0 saturated carbocycles. The molecule has 3 nitrogen and oxygen atoms in total. The van der Waals surface area contributed by atoms with E-state index in [9.17, 15) is 0 Å². The maximum absolute atomic E-state index is 6.50. The van der Waals surface area contributed by atoms with Gasteiger partial charge in [0.15, 0.2) is 5.82 Å². The molecule has 6 aromatic rings. The predicted molar refractivity (Wildman–Crippen MR) is 204 cm³/mol. The zero-order valence-electron chi connectivity index (χ0n) is 27.8. The fourth-order valence-electron chi connectivity index (χ4n) is 7.69. The Morgan fingerprint density at radius 3 is 2.29 bits per heavy atom. The Bertz CT molecular complexity index is 2480. The lowest BCUT2D eigenvalue weighted by molar-refractivity contribution is 0.563. The molecule has 3 heteroatoms. The predicted octanol–water partition coefficient (Wildman–Crippen LogP) is 12.1. The van der Waals surface area contributed by atoms with Crippen LogP contribution in [0.2, 0.25) is 0 Å². The summed E-state index contributed by atoms with van der Waals surface area (Å²) in [6.45, 7) is 4.65. The van der Waals surface area contributed by atoms with Gasteiger partial charge in [-0.15, -0.1) is 0 Å². The monoisotopic (exact) mass is 632 g/mol. The maximum Gasteiger partial charge on any atom is 0.160 e. The normalized spacial score (nSPS) is 18.1. The van der Waals surface area contributed by atoms with Crippen LogP contribution in [-0.2, 0) is 5.41 Å². The van der Waals surface area contributed by atoms with Crippen LogP contribution < -0.4 is 0 Å². The van der Waals surface area contributed by atoms with Crippen LogP contribution in [0, 0.1) is 0 Å². The first kappa shape index (κ1) is 29.3. The van der Waals surface area contributed by atoms with E-state index < -0.39 is 0 Å². The number of hydrogen-bond acceptors (Lipinski definition) is 3. The molecule has 2 aromatic heterocycles. The smallest absolute Gasteiger partial charge is 0.160 e. The van der Waals surface area contributed by atoms with Crippen LogP contribution in [0.25, 0.3) is 61.2 Å². The van der Waals surface area contributed by atoms with Gasteiger partial charge in [0.25, 0.3) is 0 Å². The summed E-state index contributed by atoms with van der Waals surface area (Å²) >= 11 is 0. The third-order valence-corrected chi connectivity index (χ3v) is 10.6. The van der Waals surface area contributed by atoms with E-state index in [1.807, 2.05) is 18.2 Å². The second kappa shape index (κ2) is 11.7. The number of benzene rings is 4. The molecule has 0 amide bonds. The number of rotatable bonds is 5. The van der Waals surface area contributed by atoms with Crippen LogP contribution in [0.5, 0.6) is 0 Å². The number of hydrogen-bond donors (Lipinski definition) is 0. The van der Waals surface area contributed by atoms with Gasteiger partial charge in [-0.25, -0.2) is 9.97 Å². The molecule has 236 valence electrons. The molecule has 0 radical (unpaired) electrons. The van der Waals surface area contributed by atoms with E-state index in [0.717, 1.165) is 64.2 Å². The van der Waals surface area contributed by atoms with Crippen LogP contribution in [0.4, 0.5) is 0 Å². The van der Waals surface area contributed by atoms with Crippen LogP contribution in [0.15, 0.2) is 150 Å². The molecule has 3 aliphatic rings. The number of allylic oxidation sites excluding steroid dienone is 12. The second-order valence-electron chi connectivity index (χ2n) is 13.4. The van der Waals surface area contributed by atoms with Gasteiger partial charge in [-0.1, -0.05) is 129 Å². The first-order chi connectivity index (χ1) is 24.1. The molecule has 1 atom stereocenters. The largest absolute Gasteiger partial charge is 0.456 e. The van der Waals surface area contributed by atoms with Crippen LogP contribution in [0.3, 0.4) is 0 Å². The highest BCUT2D eigenvalue weighted by Gasteiger charge is 2.38.